The van der Waals surface area contributed by atoms with Gasteiger partial charge >= 0.3 is 0 Å². The van der Waals surface area contributed by atoms with Crippen LogP contribution in [0.3, 0.4) is 0 Å². The summed E-state index contributed by atoms with van der Waals surface area (Å²) >= 11 is 0. The monoisotopic (exact) mass is 443 g/mol. The number of rotatable bonds is 5. The van der Waals surface area contributed by atoms with Gasteiger partial charge in [-0.05, 0) is 61.6 Å². The first-order chi connectivity index (χ1) is 15.7. The number of aliphatic hydroxyl groups is 1. The van der Waals surface area contributed by atoms with Crippen molar-refractivity contribution in [3.05, 3.63) is 65.6 Å². The molecule has 7 heteroatoms. The van der Waals surface area contributed by atoms with Gasteiger partial charge < -0.3 is 14.9 Å². The van der Waals surface area contributed by atoms with E-state index in [9.17, 15) is 9.90 Å². The van der Waals surface area contributed by atoms with Gasteiger partial charge in [0.05, 0.1) is 11.3 Å². The van der Waals surface area contributed by atoms with E-state index in [1.165, 1.54) is 18.4 Å². The molecule has 7 nitrogen and oxygen atoms in total. The van der Waals surface area contributed by atoms with Crippen LogP contribution in [-0.2, 0) is 22.4 Å². The number of carbonyl (C=O) groups is 1. The number of anilines is 2. The fourth-order valence-corrected chi connectivity index (χ4v) is 4.52. The molecule has 1 amide bonds. The summed E-state index contributed by atoms with van der Waals surface area (Å²) in [7, 11) is 1.82. The van der Waals surface area contributed by atoms with Crippen molar-refractivity contribution in [1.29, 1.82) is 0 Å². The Bertz CT molecular complexity index is 1210. The van der Waals surface area contributed by atoms with Gasteiger partial charge in [-0.15, -0.1) is 0 Å². The molecular weight excluding hydrogens is 414 g/mol. The molecule has 1 saturated carbocycles. The summed E-state index contributed by atoms with van der Waals surface area (Å²) in [5.41, 5.74) is 5.18. The Balaban J connectivity index is 1.45. The third-order valence-corrected chi connectivity index (χ3v) is 6.84. The topological polar surface area (TPSA) is 82.5 Å². The Morgan fingerprint density at radius 1 is 1.15 bits per heavy atom. The van der Waals surface area contributed by atoms with Crippen molar-refractivity contribution in [2.24, 2.45) is 0 Å². The highest BCUT2D eigenvalue weighted by Crippen LogP contribution is 2.57. The molecule has 170 valence electrons. The third kappa shape index (κ3) is 3.97. The zero-order chi connectivity index (χ0) is 23.4. The molecule has 1 aliphatic heterocycles. The first-order valence-electron chi connectivity index (χ1n) is 11.3. The normalized spacial score (nSPS) is 16.1. The number of amides is 1. The number of fused-ring (bicyclic) bond motifs is 2. The first kappa shape index (κ1) is 21.5. The third-order valence-electron chi connectivity index (χ3n) is 6.84. The van der Waals surface area contributed by atoms with Crippen LogP contribution in [0.2, 0.25) is 0 Å². The van der Waals surface area contributed by atoms with Gasteiger partial charge in [0.2, 0.25) is 11.9 Å². The molecule has 3 heterocycles. The van der Waals surface area contributed by atoms with E-state index in [1.807, 2.05) is 19.2 Å². The van der Waals surface area contributed by atoms with Crippen molar-refractivity contribution in [2.45, 2.75) is 51.2 Å². The van der Waals surface area contributed by atoms with Crippen molar-refractivity contribution < 1.29 is 9.90 Å². The molecule has 2 aromatic heterocycles. The summed E-state index contributed by atoms with van der Waals surface area (Å²) in [6.07, 6.45) is 7.64. The number of nitrogens with zero attached hydrogens (tertiary/aromatic N) is 5. The van der Waals surface area contributed by atoms with Crippen LogP contribution in [0.15, 0.2) is 48.9 Å². The second kappa shape index (κ2) is 7.63. The number of hydrogen-bond acceptors (Lipinski definition) is 6. The van der Waals surface area contributed by atoms with Crippen LogP contribution in [0, 0.1) is 0 Å². The second-order valence-corrected chi connectivity index (χ2v) is 9.85. The van der Waals surface area contributed by atoms with Gasteiger partial charge in [0, 0.05) is 62.3 Å². The van der Waals surface area contributed by atoms with Crippen molar-refractivity contribution in [1.82, 2.24) is 19.9 Å². The fourth-order valence-electron chi connectivity index (χ4n) is 4.52. The van der Waals surface area contributed by atoms with Crippen molar-refractivity contribution in [2.75, 3.05) is 18.5 Å². The minimum absolute atomic E-state index is 0.0483. The maximum atomic E-state index is 11.7. The number of carbonyl (C=O) groups excluding carboxylic acids is 1. The molecule has 0 saturated heterocycles. The Morgan fingerprint density at radius 3 is 2.52 bits per heavy atom. The maximum Gasteiger partial charge on any atom is 0.229 e. The Hall–Kier alpha value is -3.32. The van der Waals surface area contributed by atoms with E-state index in [-0.39, 0.29) is 11.3 Å². The molecule has 1 aliphatic carbocycles. The lowest BCUT2D eigenvalue weighted by Crippen LogP contribution is -2.23. The van der Waals surface area contributed by atoms with Crippen LogP contribution in [0.5, 0.6) is 0 Å². The summed E-state index contributed by atoms with van der Waals surface area (Å²) in [6, 6.07) is 10.2. The highest BCUT2D eigenvalue weighted by molar-refractivity contribution is 5.74. The largest absolute Gasteiger partial charge is 0.386 e. The smallest absolute Gasteiger partial charge is 0.229 e. The van der Waals surface area contributed by atoms with Crippen molar-refractivity contribution in [3.63, 3.8) is 0 Å². The number of benzene rings is 1. The van der Waals surface area contributed by atoms with Crippen LogP contribution < -0.4 is 4.90 Å². The first-order valence-corrected chi connectivity index (χ1v) is 11.3. The van der Waals surface area contributed by atoms with Gasteiger partial charge in [0.25, 0.3) is 0 Å². The number of aromatic nitrogens is 3. The van der Waals surface area contributed by atoms with Gasteiger partial charge in [-0.25, -0.2) is 9.97 Å². The number of hydrogen-bond donors (Lipinski definition) is 1. The van der Waals surface area contributed by atoms with E-state index >= 15 is 0 Å². The fraction of sp³-hybridized carbons (Fsp3) is 0.385. The minimum atomic E-state index is -0.940. The molecule has 0 radical (unpaired) electrons. The average molecular weight is 444 g/mol. The highest BCUT2D eigenvalue weighted by atomic mass is 16.3. The van der Waals surface area contributed by atoms with Crippen LogP contribution in [0.4, 0.5) is 11.6 Å². The van der Waals surface area contributed by atoms with E-state index in [0.29, 0.717) is 12.5 Å². The van der Waals surface area contributed by atoms with E-state index < -0.39 is 5.60 Å². The lowest BCUT2D eigenvalue weighted by molar-refractivity contribution is -0.128. The van der Waals surface area contributed by atoms with E-state index in [1.54, 1.807) is 44.3 Å². The van der Waals surface area contributed by atoms with Crippen LogP contribution >= 0.6 is 0 Å². The van der Waals surface area contributed by atoms with E-state index in [4.69, 9.17) is 0 Å². The summed E-state index contributed by atoms with van der Waals surface area (Å²) in [5.74, 6) is 0.715. The molecule has 2 aliphatic rings. The van der Waals surface area contributed by atoms with Gasteiger partial charge in [0.15, 0.2) is 0 Å². The Morgan fingerprint density at radius 2 is 1.88 bits per heavy atom. The molecule has 0 unspecified atom stereocenters. The molecule has 3 aromatic rings. The Kier molecular flexibility index (Phi) is 4.97. The summed E-state index contributed by atoms with van der Waals surface area (Å²) in [6.45, 7) is 6.55. The molecule has 0 atom stereocenters. The maximum absolute atomic E-state index is 11.7. The minimum Gasteiger partial charge on any atom is -0.386 e. The zero-order valence-electron chi connectivity index (χ0n) is 19.5. The van der Waals surface area contributed by atoms with E-state index in [2.05, 4.69) is 38.1 Å². The van der Waals surface area contributed by atoms with Crippen molar-refractivity contribution in [3.8, 4) is 11.3 Å². The van der Waals surface area contributed by atoms with Crippen LogP contribution in [0.25, 0.3) is 11.3 Å². The summed E-state index contributed by atoms with van der Waals surface area (Å²) in [4.78, 5) is 29.4. The zero-order valence-corrected chi connectivity index (χ0v) is 19.5. The van der Waals surface area contributed by atoms with Crippen LogP contribution in [0.1, 0.15) is 50.3 Å². The second-order valence-electron chi connectivity index (χ2n) is 9.85. The van der Waals surface area contributed by atoms with Gasteiger partial charge in [0.1, 0.15) is 0 Å². The molecule has 5 rings (SSSR count). The standard InChI is InChI=1S/C26H29N5O2/c1-17(32)30(4)15-18-5-6-21-23(11-18)31(16-26(21)8-9-26)24-28-13-19(14-29-24)22-12-20(7-10-27-22)25(2,3)33/h5-7,10-14,33H,8-9,15-16H2,1-4H3. The molecule has 0 bridgehead atoms. The van der Waals surface area contributed by atoms with E-state index in [0.717, 1.165) is 34.6 Å². The quantitative estimate of drug-likeness (QED) is 0.643. The molecule has 1 fully saturated rings. The SMILES string of the molecule is CC(=O)N(C)Cc1ccc2c(c1)N(c1ncc(-c3cc(C(C)(C)O)ccn3)cn1)CC21CC1. The lowest BCUT2D eigenvalue weighted by atomic mass is 9.97. The van der Waals surface area contributed by atoms with Gasteiger partial charge in [-0.3, -0.25) is 9.78 Å². The lowest BCUT2D eigenvalue weighted by Gasteiger charge is -2.20. The van der Waals surface area contributed by atoms with Crippen LogP contribution in [-0.4, -0.2) is 44.5 Å². The van der Waals surface area contributed by atoms with Gasteiger partial charge in [-0.2, -0.15) is 0 Å². The summed E-state index contributed by atoms with van der Waals surface area (Å²) in [5, 5.41) is 10.3. The average Bonchev–Trinajstić information content (AvgIpc) is 3.50. The molecule has 1 N–H and O–H groups in total. The van der Waals surface area contributed by atoms with Crippen molar-refractivity contribution >= 4 is 17.5 Å². The highest BCUT2D eigenvalue weighted by Gasteiger charge is 2.52. The Labute approximate surface area is 194 Å². The number of pyridine rings is 1. The predicted molar refractivity (Wildman–Crippen MR) is 127 cm³/mol. The molecule has 33 heavy (non-hydrogen) atoms. The molecular formula is C26H29N5O2. The van der Waals surface area contributed by atoms with Gasteiger partial charge in [-0.1, -0.05) is 12.1 Å². The predicted octanol–water partition coefficient (Wildman–Crippen LogP) is 3.93. The molecule has 1 aromatic carbocycles. The summed E-state index contributed by atoms with van der Waals surface area (Å²) < 4.78 is 0. The molecule has 1 spiro atoms.